The second-order valence-electron chi connectivity index (χ2n) is 2.67. The van der Waals surface area contributed by atoms with Gasteiger partial charge in [0.25, 0.3) is 5.56 Å². The van der Waals surface area contributed by atoms with E-state index in [1.54, 1.807) is 6.92 Å². The fourth-order valence-corrected chi connectivity index (χ4v) is 1.64. The van der Waals surface area contributed by atoms with Gasteiger partial charge in [-0.2, -0.15) is 4.37 Å². The van der Waals surface area contributed by atoms with Gasteiger partial charge in [0, 0.05) is 11.5 Å². The molecule has 0 radical (unpaired) electrons. The molecule has 2 heterocycles. The molecule has 0 aliphatic carbocycles. The zero-order valence-electron chi connectivity index (χ0n) is 7.61. The van der Waals surface area contributed by atoms with Crippen molar-refractivity contribution in [1.29, 1.82) is 0 Å². The Morgan fingerprint density at radius 1 is 1.60 bits per heavy atom. The van der Waals surface area contributed by atoms with Crippen LogP contribution >= 0.6 is 23.1 Å². The molecule has 0 saturated carbocycles. The van der Waals surface area contributed by atoms with Gasteiger partial charge in [0.2, 0.25) is 5.13 Å². The third-order valence-corrected chi connectivity index (χ3v) is 2.62. The van der Waals surface area contributed by atoms with E-state index in [0.717, 1.165) is 0 Å². The predicted molar refractivity (Wildman–Crippen MR) is 57.8 cm³/mol. The lowest BCUT2D eigenvalue weighted by Crippen LogP contribution is -2.09. The molecule has 2 rings (SSSR count). The van der Waals surface area contributed by atoms with Crippen molar-refractivity contribution in [2.24, 2.45) is 0 Å². The van der Waals surface area contributed by atoms with Crippen LogP contribution in [-0.4, -0.2) is 19.3 Å². The summed E-state index contributed by atoms with van der Waals surface area (Å²) in [6, 6.07) is 0. The highest BCUT2D eigenvalue weighted by Crippen LogP contribution is 2.20. The minimum absolute atomic E-state index is 0.00496. The Hall–Kier alpha value is -1.47. The first-order valence-electron chi connectivity index (χ1n) is 3.97. The van der Waals surface area contributed by atoms with Crippen molar-refractivity contribution in [1.82, 2.24) is 19.3 Å². The van der Waals surface area contributed by atoms with E-state index in [4.69, 9.17) is 11.6 Å². The highest BCUT2D eigenvalue weighted by atomic mass is 35.5. The summed E-state index contributed by atoms with van der Waals surface area (Å²) in [6.07, 6.45) is 1.27. The van der Waals surface area contributed by atoms with Crippen LogP contribution in [0.3, 0.4) is 0 Å². The third-order valence-electron chi connectivity index (χ3n) is 1.55. The number of rotatable bonds is 2. The molecule has 0 unspecified atom stereocenters. The van der Waals surface area contributed by atoms with Gasteiger partial charge < -0.3 is 10.3 Å². The quantitative estimate of drug-likeness (QED) is 0.831. The Bertz CT molecular complexity index is 536. The molecule has 0 saturated heterocycles. The third kappa shape index (κ3) is 2.13. The largest absolute Gasteiger partial charge is 0.314 e. The van der Waals surface area contributed by atoms with Crippen LogP contribution in [0.25, 0.3) is 0 Å². The smallest absolute Gasteiger partial charge is 0.271 e. The molecule has 6 nitrogen and oxygen atoms in total. The number of nitrogens with one attached hydrogen (secondary N) is 2. The van der Waals surface area contributed by atoms with Crippen molar-refractivity contribution in [3.05, 3.63) is 27.5 Å². The molecule has 0 bridgehead atoms. The molecule has 78 valence electrons. The summed E-state index contributed by atoms with van der Waals surface area (Å²) in [5, 5.41) is 3.37. The molecular formula is C7H6ClN5OS. The van der Waals surface area contributed by atoms with Gasteiger partial charge in [-0.05, 0) is 6.92 Å². The van der Waals surface area contributed by atoms with Gasteiger partial charge in [-0.15, -0.1) is 0 Å². The molecule has 2 aromatic heterocycles. The molecule has 15 heavy (non-hydrogen) atoms. The molecule has 0 spiro atoms. The second-order valence-corrected chi connectivity index (χ2v) is 3.80. The Kier molecular flexibility index (Phi) is 2.65. The van der Waals surface area contributed by atoms with E-state index in [-0.39, 0.29) is 10.8 Å². The summed E-state index contributed by atoms with van der Waals surface area (Å²) in [7, 11) is 0. The molecule has 2 N–H and O–H groups in total. The standard InChI is InChI=1S/C7H6ClN5OS/c1-3-11-7(15-13-3)12-5-4(8)6(14)10-2-9-5/h2H,1H3,(H2,9,10,11,12,13,14). The normalized spacial score (nSPS) is 10.3. The maximum absolute atomic E-state index is 11.1. The van der Waals surface area contributed by atoms with Crippen molar-refractivity contribution in [3.8, 4) is 0 Å². The molecule has 0 aromatic carbocycles. The van der Waals surface area contributed by atoms with Gasteiger partial charge in [-0.25, -0.2) is 9.97 Å². The summed E-state index contributed by atoms with van der Waals surface area (Å²) < 4.78 is 3.98. The zero-order valence-corrected chi connectivity index (χ0v) is 9.19. The summed E-state index contributed by atoms with van der Waals surface area (Å²) >= 11 is 6.91. The van der Waals surface area contributed by atoms with E-state index in [2.05, 4.69) is 24.6 Å². The molecule has 0 amide bonds. The minimum atomic E-state index is -0.393. The number of aryl methyl sites for hydroxylation is 1. The first-order valence-corrected chi connectivity index (χ1v) is 5.12. The Labute approximate surface area is 93.5 Å². The number of halogens is 1. The molecule has 0 aliphatic heterocycles. The van der Waals surface area contributed by atoms with Crippen LogP contribution in [-0.2, 0) is 0 Å². The van der Waals surface area contributed by atoms with Crippen LogP contribution in [0, 0.1) is 6.92 Å². The fraction of sp³-hybridized carbons (Fsp3) is 0.143. The number of H-pyrrole nitrogens is 1. The molecular weight excluding hydrogens is 238 g/mol. The first kappa shape index (κ1) is 10.1. The highest BCUT2D eigenvalue weighted by Gasteiger charge is 2.07. The monoisotopic (exact) mass is 243 g/mol. The topological polar surface area (TPSA) is 83.6 Å². The van der Waals surface area contributed by atoms with Crippen molar-refractivity contribution in [2.45, 2.75) is 6.92 Å². The lowest BCUT2D eigenvalue weighted by Gasteiger charge is -2.00. The highest BCUT2D eigenvalue weighted by molar-refractivity contribution is 7.09. The number of nitrogens with zero attached hydrogens (tertiary/aromatic N) is 3. The predicted octanol–water partition coefficient (Wildman–Crippen LogP) is 1.33. The van der Waals surface area contributed by atoms with Gasteiger partial charge in [0.05, 0.1) is 6.33 Å². The van der Waals surface area contributed by atoms with E-state index in [1.165, 1.54) is 17.9 Å². The van der Waals surface area contributed by atoms with Gasteiger partial charge in [-0.1, -0.05) is 11.6 Å². The Balaban J connectivity index is 2.32. The van der Waals surface area contributed by atoms with Crippen LogP contribution in [0.15, 0.2) is 11.1 Å². The fourth-order valence-electron chi connectivity index (χ4n) is 0.919. The maximum atomic E-state index is 11.1. The van der Waals surface area contributed by atoms with Crippen LogP contribution in [0.2, 0.25) is 5.02 Å². The lowest BCUT2D eigenvalue weighted by molar-refractivity contribution is 1.11. The van der Waals surface area contributed by atoms with E-state index < -0.39 is 5.56 Å². The molecule has 0 atom stereocenters. The summed E-state index contributed by atoms with van der Waals surface area (Å²) in [4.78, 5) is 21.4. The van der Waals surface area contributed by atoms with Crippen molar-refractivity contribution in [3.63, 3.8) is 0 Å². The van der Waals surface area contributed by atoms with Gasteiger partial charge in [0.1, 0.15) is 10.8 Å². The molecule has 0 aliphatic rings. The summed E-state index contributed by atoms with van der Waals surface area (Å²) in [6.45, 7) is 1.77. The van der Waals surface area contributed by atoms with E-state index in [9.17, 15) is 4.79 Å². The first-order chi connectivity index (χ1) is 7.16. The SMILES string of the molecule is Cc1nsc(Nc2nc[nH]c(=O)c2Cl)n1. The average molecular weight is 244 g/mol. The number of hydrogen-bond acceptors (Lipinski definition) is 6. The molecule has 0 fully saturated rings. The van der Waals surface area contributed by atoms with Crippen molar-refractivity contribution >= 4 is 34.1 Å². The number of hydrogen-bond donors (Lipinski definition) is 2. The van der Waals surface area contributed by atoms with Crippen LogP contribution < -0.4 is 10.9 Å². The number of aromatic nitrogens is 4. The molecule has 8 heteroatoms. The van der Waals surface area contributed by atoms with Crippen LogP contribution in [0.1, 0.15) is 5.82 Å². The van der Waals surface area contributed by atoms with Crippen molar-refractivity contribution in [2.75, 3.05) is 5.32 Å². The van der Waals surface area contributed by atoms with Crippen LogP contribution in [0.4, 0.5) is 10.9 Å². The zero-order chi connectivity index (χ0) is 10.8. The summed E-state index contributed by atoms with van der Waals surface area (Å²) in [5.74, 6) is 0.931. The Morgan fingerprint density at radius 2 is 2.40 bits per heavy atom. The number of anilines is 2. The van der Waals surface area contributed by atoms with E-state index in [1.807, 2.05) is 0 Å². The van der Waals surface area contributed by atoms with E-state index >= 15 is 0 Å². The van der Waals surface area contributed by atoms with Gasteiger partial charge in [-0.3, -0.25) is 4.79 Å². The minimum Gasteiger partial charge on any atom is -0.314 e. The maximum Gasteiger partial charge on any atom is 0.271 e. The second kappa shape index (κ2) is 3.95. The van der Waals surface area contributed by atoms with E-state index in [0.29, 0.717) is 11.0 Å². The Morgan fingerprint density at radius 3 is 3.07 bits per heavy atom. The number of aromatic amines is 1. The lowest BCUT2D eigenvalue weighted by atomic mass is 10.6. The van der Waals surface area contributed by atoms with Gasteiger partial charge >= 0.3 is 0 Å². The average Bonchev–Trinajstić information content (AvgIpc) is 2.59. The van der Waals surface area contributed by atoms with Crippen LogP contribution in [0.5, 0.6) is 0 Å². The van der Waals surface area contributed by atoms with Crippen molar-refractivity contribution < 1.29 is 0 Å². The van der Waals surface area contributed by atoms with Gasteiger partial charge in [0.15, 0.2) is 5.82 Å². The molecule has 2 aromatic rings. The summed E-state index contributed by atoms with van der Waals surface area (Å²) in [5.41, 5.74) is -0.393.